The van der Waals surface area contributed by atoms with Crippen LogP contribution < -0.4 is 27.1 Å². The topological polar surface area (TPSA) is 243 Å². The first-order valence-corrected chi connectivity index (χ1v) is 15.2. The van der Waals surface area contributed by atoms with Crippen molar-refractivity contribution in [2.24, 2.45) is 16.8 Å². The second kappa shape index (κ2) is 21.6. The van der Waals surface area contributed by atoms with Crippen LogP contribution in [-0.2, 0) is 48.4 Å². The highest BCUT2D eigenvalue weighted by molar-refractivity contribution is 5.85. The van der Waals surface area contributed by atoms with Crippen LogP contribution in [0.25, 0.3) is 0 Å². The number of benzene rings is 1. The largest absolute Gasteiger partial charge is 0.460 e. The van der Waals surface area contributed by atoms with Gasteiger partial charge in [0.1, 0.15) is 25.0 Å². The molecular formula is C30H48N10O8. The molecule has 1 aromatic carbocycles. The molecule has 2 atom stereocenters. The van der Waals surface area contributed by atoms with E-state index in [0.717, 1.165) is 5.56 Å². The van der Waals surface area contributed by atoms with Crippen LogP contribution in [0.2, 0.25) is 0 Å². The second-order valence-electron chi connectivity index (χ2n) is 11.7. The third-order valence-electron chi connectivity index (χ3n) is 5.76. The van der Waals surface area contributed by atoms with Gasteiger partial charge in [-0.3, -0.25) is 14.4 Å². The van der Waals surface area contributed by atoms with Gasteiger partial charge in [-0.2, -0.15) is 5.10 Å². The maximum absolute atomic E-state index is 12.0. The number of nitrogens with one attached hydrogen (secondary N) is 4. The van der Waals surface area contributed by atoms with E-state index in [4.69, 9.17) is 19.9 Å². The fourth-order valence-electron chi connectivity index (χ4n) is 3.78. The van der Waals surface area contributed by atoms with Crippen molar-refractivity contribution in [2.45, 2.75) is 91.3 Å². The number of rotatable bonds is 16. The Morgan fingerprint density at radius 2 is 1.75 bits per heavy atom. The molecule has 0 spiro atoms. The van der Waals surface area contributed by atoms with Crippen molar-refractivity contribution < 1.29 is 38.2 Å². The van der Waals surface area contributed by atoms with E-state index in [1.165, 1.54) is 25.1 Å². The number of aromatic nitrogens is 4. The van der Waals surface area contributed by atoms with E-state index in [0.29, 0.717) is 25.1 Å². The lowest BCUT2D eigenvalue weighted by Crippen LogP contribution is -2.46. The van der Waals surface area contributed by atoms with Crippen LogP contribution in [-0.4, -0.2) is 88.2 Å². The number of esters is 1. The summed E-state index contributed by atoms with van der Waals surface area (Å²) in [6.45, 7) is 9.40. The number of hydrogen-bond acceptors (Lipinski definition) is 12. The standard InChI is InChI=1S/C16H22N6O4.C14H26N4O4/c1-17-15(23)13(8-9-14-19-20-21-22(14)11-25-2)18-16(24)26-10-12-6-4-3-5-7-12;1-9(2)6-11(19)17-10(8-16-18-13(15)21)7-12(20)22-14(3,4)5/h3-7,13H,8-11H2,1-2H3,(H,17,23)(H,18,24);8-10H,6-7H2,1-5H3,(H,17,19)(H3,15,18,21)/b;16-8+/t13-;10-/m00/s1. The Hall–Kier alpha value is -5.13. The van der Waals surface area contributed by atoms with E-state index in [1.54, 1.807) is 20.8 Å². The Balaban J connectivity index is 0.000000488. The molecule has 18 nitrogen and oxygen atoms in total. The number of carbonyl (C=O) groups excluding carboxylic acids is 5. The first-order valence-electron chi connectivity index (χ1n) is 15.2. The molecule has 5 amide bonds. The summed E-state index contributed by atoms with van der Waals surface area (Å²) < 4.78 is 16.8. The first-order chi connectivity index (χ1) is 22.6. The number of primary amides is 1. The number of nitrogens with zero attached hydrogens (tertiary/aromatic N) is 5. The number of amides is 5. The minimum Gasteiger partial charge on any atom is -0.460 e. The van der Waals surface area contributed by atoms with Gasteiger partial charge in [0.2, 0.25) is 11.8 Å². The number of hydrazone groups is 1. The normalized spacial score (nSPS) is 12.2. The highest BCUT2D eigenvalue weighted by Crippen LogP contribution is 2.10. The number of ether oxygens (including phenoxy) is 3. The molecule has 0 unspecified atom stereocenters. The van der Waals surface area contributed by atoms with Gasteiger partial charge in [-0.25, -0.2) is 19.7 Å². The smallest absolute Gasteiger partial charge is 0.408 e. The van der Waals surface area contributed by atoms with Crippen LogP contribution in [0.4, 0.5) is 9.59 Å². The summed E-state index contributed by atoms with van der Waals surface area (Å²) in [5.41, 5.74) is 7.14. The Kier molecular flexibility index (Phi) is 18.4. The van der Waals surface area contributed by atoms with E-state index in [9.17, 15) is 24.0 Å². The molecule has 48 heavy (non-hydrogen) atoms. The number of hydrogen-bond donors (Lipinski definition) is 5. The SMILES string of the molecule is CC(C)CC(=O)N[C@H](/C=N/NC(N)=O)CC(=O)OC(C)(C)C.CNC(=O)[C@H](CCc1nnnn1COC)NC(=O)OCc1ccccc1. The molecule has 6 N–H and O–H groups in total. The average Bonchev–Trinajstić information content (AvgIpc) is 3.44. The fraction of sp³-hybridized carbons (Fsp3) is 0.567. The summed E-state index contributed by atoms with van der Waals surface area (Å²) in [5.74, 6) is -0.280. The van der Waals surface area contributed by atoms with Gasteiger partial charge in [-0.05, 0) is 49.1 Å². The van der Waals surface area contributed by atoms with Gasteiger partial charge in [0.25, 0.3) is 0 Å². The molecule has 0 radical (unpaired) electrons. The average molecular weight is 677 g/mol. The third-order valence-corrected chi connectivity index (χ3v) is 5.76. The molecule has 18 heteroatoms. The summed E-state index contributed by atoms with van der Waals surface area (Å²) in [5, 5.41) is 22.6. The number of nitrogens with two attached hydrogens (primary N) is 1. The van der Waals surface area contributed by atoms with E-state index in [1.807, 2.05) is 49.6 Å². The summed E-state index contributed by atoms with van der Waals surface area (Å²) in [7, 11) is 3.03. The van der Waals surface area contributed by atoms with Crippen molar-refractivity contribution in [3.05, 3.63) is 41.7 Å². The Morgan fingerprint density at radius 3 is 2.33 bits per heavy atom. The lowest BCUT2D eigenvalue weighted by molar-refractivity contribution is -0.155. The summed E-state index contributed by atoms with van der Waals surface area (Å²) in [4.78, 5) is 58.2. The maximum Gasteiger partial charge on any atom is 0.408 e. The van der Waals surface area contributed by atoms with Gasteiger partial charge in [0.15, 0.2) is 5.82 Å². The predicted molar refractivity (Wildman–Crippen MR) is 174 cm³/mol. The predicted octanol–water partition coefficient (Wildman–Crippen LogP) is 1.15. The molecule has 0 aliphatic carbocycles. The minimum absolute atomic E-state index is 0.0922. The van der Waals surface area contributed by atoms with Crippen molar-refractivity contribution in [2.75, 3.05) is 14.2 Å². The highest BCUT2D eigenvalue weighted by Gasteiger charge is 2.23. The summed E-state index contributed by atoms with van der Waals surface area (Å²) in [6, 6.07) is 6.99. The molecule has 0 aliphatic heterocycles. The number of carbonyl (C=O) groups is 5. The quantitative estimate of drug-likeness (QED) is 0.0959. The molecular weight excluding hydrogens is 628 g/mol. The monoisotopic (exact) mass is 676 g/mol. The molecule has 2 rings (SSSR count). The van der Waals surface area contributed by atoms with Crippen LogP contribution in [0.1, 0.15) is 65.3 Å². The molecule has 0 saturated heterocycles. The number of aryl methyl sites for hydroxylation is 1. The molecule has 266 valence electrons. The molecule has 0 saturated carbocycles. The molecule has 1 aromatic heterocycles. The second-order valence-corrected chi connectivity index (χ2v) is 11.7. The zero-order valence-corrected chi connectivity index (χ0v) is 28.5. The number of likely N-dealkylation sites (N-methyl/N-ethyl adjacent to an activating group) is 1. The van der Waals surface area contributed by atoms with E-state index < -0.39 is 35.8 Å². The van der Waals surface area contributed by atoms with Crippen molar-refractivity contribution in [1.82, 2.24) is 41.6 Å². The van der Waals surface area contributed by atoms with Crippen LogP contribution in [0.15, 0.2) is 35.4 Å². The number of urea groups is 1. The van der Waals surface area contributed by atoms with Crippen molar-refractivity contribution in [1.29, 1.82) is 0 Å². The van der Waals surface area contributed by atoms with Crippen LogP contribution in [0.5, 0.6) is 0 Å². The first kappa shape index (κ1) is 40.9. The van der Waals surface area contributed by atoms with Crippen LogP contribution >= 0.6 is 0 Å². The number of methoxy groups -OCH3 is 1. The Morgan fingerprint density at radius 1 is 1.06 bits per heavy atom. The Bertz CT molecular complexity index is 1330. The number of alkyl carbamates (subject to hydrolysis) is 1. The van der Waals surface area contributed by atoms with Crippen LogP contribution in [0, 0.1) is 5.92 Å². The third kappa shape index (κ3) is 18.7. The minimum atomic E-state index is -0.833. The highest BCUT2D eigenvalue weighted by atomic mass is 16.6. The fourth-order valence-corrected chi connectivity index (χ4v) is 3.78. The lowest BCUT2D eigenvalue weighted by Gasteiger charge is -2.21. The maximum atomic E-state index is 12.0. The van der Waals surface area contributed by atoms with Gasteiger partial charge in [-0.1, -0.05) is 44.2 Å². The Labute approximate surface area is 279 Å². The van der Waals surface area contributed by atoms with Crippen molar-refractivity contribution in [3.8, 4) is 0 Å². The van der Waals surface area contributed by atoms with Gasteiger partial charge in [-0.15, -0.1) is 5.10 Å². The van der Waals surface area contributed by atoms with E-state index in [2.05, 4.69) is 36.6 Å². The lowest BCUT2D eigenvalue weighted by atomic mass is 10.1. The molecule has 0 bridgehead atoms. The van der Waals surface area contributed by atoms with Crippen LogP contribution in [0.3, 0.4) is 0 Å². The number of tetrazole rings is 1. The van der Waals surface area contributed by atoms with E-state index in [-0.39, 0.29) is 37.5 Å². The van der Waals surface area contributed by atoms with E-state index >= 15 is 0 Å². The van der Waals surface area contributed by atoms with Gasteiger partial charge >= 0.3 is 18.1 Å². The summed E-state index contributed by atoms with van der Waals surface area (Å²) >= 11 is 0. The molecule has 0 fully saturated rings. The zero-order chi connectivity index (χ0) is 36.1. The molecule has 1 heterocycles. The van der Waals surface area contributed by atoms with Gasteiger partial charge in [0, 0.05) is 33.2 Å². The van der Waals surface area contributed by atoms with Crippen molar-refractivity contribution >= 4 is 36.1 Å². The summed E-state index contributed by atoms with van der Waals surface area (Å²) in [6.07, 6.45) is 1.50. The van der Waals surface area contributed by atoms with Gasteiger partial charge < -0.3 is 35.9 Å². The van der Waals surface area contributed by atoms with Crippen molar-refractivity contribution in [3.63, 3.8) is 0 Å². The zero-order valence-electron chi connectivity index (χ0n) is 28.5. The van der Waals surface area contributed by atoms with Gasteiger partial charge in [0.05, 0.1) is 12.5 Å². The molecule has 0 aliphatic rings. The molecule has 2 aromatic rings.